The molecule has 0 amide bonds. The molecule has 3 nitrogen and oxygen atoms in total. The van der Waals surface area contributed by atoms with Crippen LogP contribution in [-0.2, 0) is 9.53 Å². The maximum absolute atomic E-state index is 11.6. The molecule has 0 radical (unpaired) electrons. The van der Waals surface area contributed by atoms with Crippen LogP contribution in [0.3, 0.4) is 0 Å². The monoisotopic (exact) mass is 191 g/mol. The first-order chi connectivity index (χ1) is 6.77. The second-order valence-electron chi connectivity index (χ2n) is 3.88. The lowest BCUT2D eigenvalue weighted by molar-refractivity contribution is -0.149. The van der Waals surface area contributed by atoms with E-state index in [9.17, 15) is 4.79 Å². The fourth-order valence-corrected chi connectivity index (χ4v) is 2.56. The van der Waals surface area contributed by atoms with Gasteiger partial charge in [-0.15, -0.1) is 0 Å². The molecule has 14 heavy (non-hydrogen) atoms. The number of ether oxygens (including phenoxy) is 1. The van der Waals surface area contributed by atoms with Gasteiger partial charge in [-0.25, -0.2) is 0 Å². The van der Waals surface area contributed by atoms with Gasteiger partial charge in [0.2, 0.25) is 0 Å². The molecule has 0 aromatic heterocycles. The fourth-order valence-electron chi connectivity index (χ4n) is 2.56. The van der Waals surface area contributed by atoms with E-state index < -0.39 is 0 Å². The fraction of sp³-hybridized carbons (Fsp3) is 0.636. The average Bonchev–Trinajstić information content (AvgIpc) is 2.76. The Bertz CT molecular complexity index is 316. The Morgan fingerprint density at radius 2 is 2.29 bits per heavy atom. The van der Waals surface area contributed by atoms with E-state index in [0.717, 1.165) is 6.42 Å². The second-order valence-corrected chi connectivity index (χ2v) is 3.88. The van der Waals surface area contributed by atoms with Crippen molar-refractivity contribution < 1.29 is 9.53 Å². The topological polar surface area (TPSA) is 50.1 Å². The number of hydrogen-bond acceptors (Lipinski definition) is 3. The van der Waals surface area contributed by atoms with Crippen molar-refractivity contribution in [1.82, 2.24) is 0 Å². The van der Waals surface area contributed by atoms with Crippen LogP contribution in [0.4, 0.5) is 0 Å². The van der Waals surface area contributed by atoms with Crippen molar-refractivity contribution in [3.8, 4) is 6.07 Å². The van der Waals surface area contributed by atoms with Gasteiger partial charge in [0.1, 0.15) is 0 Å². The molecule has 74 valence electrons. The average molecular weight is 191 g/mol. The smallest absolute Gasteiger partial charge is 0.310 e. The summed E-state index contributed by atoms with van der Waals surface area (Å²) in [6.45, 7) is 2.19. The van der Waals surface area contributed by atoms with E-state index in [4.69, 9.17) is 10.00 Å². The minimum absolute atomic E-state index is 0.163. The molecule has 0 saturated heterocycles. The summed E-state index contributed by atoms with van der Waals surface area (Å²) < 4.78 is 4.99. The number of fused-ring (bicyclic) bond motifs is 2. The predicted molar refractivity (Wildman–Crippen MR) is 50.0 cm³/mol. The molecule has 2 rings (SSSR count). The number of rotatable bonds is 2. The van der Waals surface area contributed by atoms with Gasteiger partial charge in [-0.2, -0.15) is 5.26 Å². The van der Waals surface area contributed by atoms with Crippen molar-refractivity contribution in [2.45, 2.75) is 13.3 Å². The van der Waals surface area contributed by atoms with Gasteiger partial charge in [-0.1, -0.05) is 12.2 Å². The summed E-state index contributed by atoms with van der Waals surface area (Å²) in [6.07, 6.45) is 5.07. The highest BCUT2D eigenvalue weighted by molar-refractivity contribution is 5.75. The number of carbonyl (C=O) groups is 1. The first-order valence-electron chi connectivity index (χ1n) is 5.02. The van der Waals surface area contributed by atoms with Crippen molar-refractivity contribution in [3.63, 3.8) is 0 Å². The third-order valence-electron chi connectivity index (χ3n) is 3.17. The van der Waals surface area contributed by atoms with Crippen LogP contribution in [0.1, 0.15) is 13.3 Å². The highest BCUT2D eigenvalue weighted by Crippen LogP contribution is 2.48. The third-order valence-corrected chi connectivity index (χ3v) is 3.17. The van der Waals surface area contributed by atoms with Crippen molar-refractivity contribution in [1.29, 1.82) is 5.26 Å². The van der Waals surface area contributed by atoms with Gasteiger partial charge in [0.25, 0.3) is 0 Å². The molecule has 0 aliphatic heterocycles. The van der Waals surface area contributed by atoms with Gasteiger partial charge < -0.3 is 4.74 Å². The summed E-state index contributed by atoms with van der Waals surface area (Å²) in [5, 5.41) is 8.98. The highest BCUT2D eigenvalue weighted by atomic mass is 16.5. The Balaban J connectivity index is 2.15. The Kier molecular flexibility index (Phi) is 2.28. The van der Waals surface area contributed by atoms with Crippen LogP contribution in [-0.4, -0.2) is 12.6 Å². The SMILES string of the molecule is CCOC(=O)[C@@H]1[C@H](C#N)[C@H]2C=C[C@@H]1C2. The normalized spacial score (nSPS) is 38.3. The molecule has 2 bridgehead atoms. The standard InChI is InChI=1S/C11H13NO2/c1-2-14-11(13)10-8-4-3-7(5-8)9(10)6-12/h3-4,7-10H,2,5H2,1H3/t7-,8+,9+,10-/m0/s1. The Morgan fingerprint density at radius 3 is 2.93 bits per heavy atom. The van der Waals surface area contributed by atoms with Crippen molar-refractivity contribution in [3.05, 3.63) is 12.2 Å². The zero-order valence-electron chi connectivity index (χ0n) is 8.14. The lowest BCUT2D eigenvalue weighted by Crippen LogP contribution is -2.28. The molecular formula is C11H13NO2. The minimum Gasteiger partial charge on any atom is -0.466 e. The summed E-state index contributed by atoms with van der Waals surface area (Å²) in [5.41, 5.74) is 0. The molecule has 1 saturated carbocycles. The van der Waals surface area contributed by atoms with Crippen LogP contribution >= 0.6 is 0 Å². The Morgan fingerprint density at radius 1 is 1.57 bits per heavy atom. The number of nitriles is 1. The van der Waals surface area contributed by atoms with E-state index in [1.165, 1.54) is 0 Å². The predicted octanol–water partition coefficient (Wildman–Crippen LogP) is 1.51. The zero-order chi connectivity index (χ0) is 10.1. The number of carbonyl (C=O) groups excluding carboxylic acids is 1. The van der Waals surface area contributed by atoms with Gasteiger partial charge in [0.15, 0.2) is 0 Å². The molecule has 2 aliphatic carbocycles. The number of hydrogen-bond donors (Lipinski definition) is 0. The van der Waals surface area contributed by atoms with Gasteiger partial charge >= 0.3 is 5.97 Å². The molecular weight excluding hydrogens is 178 g/mol. The van der Waals surface area contributed by atoms with Crippen LogP contribution in [0, 0.1) is 35.0 Å². The van der Waals surface area contributed by atoms with E-state index in [-0.39, 0.29) is 29.6 Å². The van der Waals surface area contributed by atoms with Crippen molar-refractivity contribution >= 4 is 5.97 Å². The van der Waals surface area contributed by atoms with E-state index in [1.54, 1.807) is 6.92 Å². The Labute approximate surface area is 83.4 Å². The van der Waals surface area contributed by atoms with Crippen molar-refractivity contribution in [2.24, 2.45) is 23.7 Å². The molecule has 1 fully saturated rings. The van der Waals surface area contributed by atoms with E-state index in [1.807, 2.05) is 0 Å². The lowest BCUT2D eigenvalue weighted by atomic mass is 9.84. The van der Waals surface area contributed by atoms with Crippen LogP contribution < -0.4 is 0 Å². The van der Waals surface area contributed by atoms with E-state index in [0.29, 0.717) is 6.61 Å². The number of esters is 1. The summed E-state index contributed by atoms with van der Waals surface area (Å²) in [7, 11) is 0. The van der Waals surface area contributed by atoms with Gasteiger partial charge in [-0.05, 0) is 25.2 Å². The van der Waals surface area contributed by atoms with Gasteiger partial charge in [-0.3, -0.25) is 4.79 Å². The van der Waals surface area contributed by atoms with E-state index in [2.05, 4.69) is 18.2 Å². The van der Waals surface area contributed by atoms with Crippen LogP contribution in [0.15, 0.2) is 12.2 Å². The summed E-state index contributed by atoms with van der Waals surface area (Å²) in [4.78, 5) is 11.6. The molecule has 0 aromatic rings. The molecule has 0 unspecified atom stereocenters. The van der Waals surface area contributed by atoms with E-state index >= 15 is 0 Å². The maximum atomic E-state index is 11.6. The number of allylic oxidation sites excluding steroid dienone is 2. The molecule has 4 atom stereocenters. The Hall–Kier alpha value is -1.30. The first-order valence-corrected chi connectivity index (χ1v) is 5.02. The molecule has 0 spiro atoms. The minimum atomic E-state index is -0.213. The molecule has 2 aliphatic rings. The largest absolute Gasteiger partial charge is 0.466 e. The molecule has 3 heteroatoms. The summed E-state index contributed by atoms with van der Waals surface area (Å²) >= 11 is 0. The van der Waals surface area contributed by atoms with Gasteiger partial charge in [0.05, 0.1) is 24.5 Å². The maximum Gasteiger partial charge on any atom is 0.310 e. The van der Waals surface area contributed by atoms with Crippen molar-refractivity contribution in [2.75, 3.05) is 6.61 Å². The summed E-state index contributed by atoms with van der Waals surface area (Å²) in [5.74, 6) is -0.0574. The second kappa shape index (κ2) is 3.45. The summed E-state index contributed by atoms with van der Waals surface area (Å²) in [6, 6.07) is 2.23. The quantitative estimate of drug-likeness (QED) is 0.491. The zero-order valence-corrected chi connectivity index (χ0v) is 8.14. The van der Waals surface area contributed by atoms with Crippen LogP contribution in [0.25, 0.3) is 0 Å². The third kappa shape index (κ3) is 1.22. The first kappa shape index (κ1) is 9.26. The highest BCUT2D eigenvalue weighted by Gasteiger charge is 2.49. The molecule has 0 aromatic carbocycles. The number of nitrogens with zero attached hydrogens (tertiary/aromatic N) is 1. The van der Waals surface area contributed by atoms with Crippen LogP contribution in [0.2, 0.25) is 0 Å². The van der Waals surface area contributed by atoms with Crippen LogP contribution in [0.5, 0.6) is 0 Å². The molecule has 0 N–H and O–H groups in total. The van der Waals surface area contributed by atoms with Gasteiger partial charge in [0, 0.05) is 0 Å². The molecule has 0 heterocycles. The lowest BCUT2D eigenvalue weighted by Gasteiger charge is -2.20.